The first kappa shape index (κ1) is 19.9. The number of ether oxygens (including phenoxy) is 1. The van der Waals surface area contributed by atoms with Gasteiger partial charge in [0, 0.05) is 36.8 Å². The molecule has 2 N–H and O–H groups in total. The molecule has 0 bridgehead atoms. The third-order valence-electron chi connectivity index (χ3n) is 5.27. The number of alkyl halides is 3. The molecule has 3 rings (SSSR count). The van der Waals surface area contributed by atoms with Crippen LogP contribution in [0.3, 0.4) is 0 Å². The molecular formula is C18H24ClF3N2O2. The van der Waals surface area contributed by atoms with Gasteiger partial charge in [-0.1, -0.05) is 17.7 Å². The van der Waals surface area contributed by atoms with E-state index in [1.807, 2.05) is 0 Å². The number of hydrogen-bond donors (Lipinski definition) is 2. The Morgan fingerprint density at radius 3 is 2.58 bits per heavy atom. The van der Waals surface area contributed by atoms with Crippen LogP contribution in [0.25, 0.3) is 0 Å². The number of likely N-dealkylation sites (tertiary alicyclic amines) is 1. The molecule has 2 saturated heterocycles. The number of halogens is 4. The van der Waals surface area contributed by atoms with Gasteiger partial charge in [-0.2, -0.15) is 13.2 Å². The lowest BCUT2D eigenvalue weighted by atomic mass is 9.96. The molecule has 2 aliphatic heterocycles. The molecule has 4 nitrogen and oxygen atoms in total. The van der Waals surface area contributed by atoms with Gasteiger partial charge in [-0.25, -0.2) is 0 Å². The van der Waals surface area contributed by atoms with Crippen LogP contribution in [0.5, 0.6) is 0 Å². The highest BCUT2D eigenvalue weighted by molar-refractivity contribution is 6.30. The highest BCUT2D eigenvalue weighted by Crippen LogP contribution is 2.36. The fraction of sp³-hybridized carbons (Fsp3) is 0.667. The van der Waals surface area contributed by atoms with Crippen molar-refractivity contribution in [2.24, 2.45) is 0 Å². The number of aliphatic hydroxyl groups is 1. The predicted octanol–water partition coefficient (Wildman–Crippen LogP) is 3.24. The van der Waals surface area contributed by atoms with Crippen molar-refractivity contribution in [2.45, 2.75) is 43.6 Å². The lowest BCUT2D eigenvalue weighted by molar-refractivity contribution is -0.138. The van der Waals surface area contributed by atoms with E-state index < -0.39 is 24.4 Å². The van der Waals surface area contributed by atoms with Gasteiger partial charge in [0.1, 0.15) is 0 Å². The molecule has 0 saturated carbocycles. The van der Waals surface area contributed by atoms with Gasteiger partial charge in [-0.15, -0.1) is 0 Å². The van der Waals surface area contributed by atoms with Crippen molar-refractivity contribution >= 4 is 11.6 Å². The minimum Gasteiger partial charge on any atom is -0.394 e. The topological polar surface area (TPSA) is 44.7 Å². The van der Waals surface area contributed by atoms with E-state index >= 15 is 0 Å². The summed E-state index contributed by atoms with van der Waals surface area (Å²) in [5.74, 6) is 0. The Bertz CT molecular complexity index is 601. The van der Waals surface area contributed by atoms with Crippen molar-refractivity contribution in [1.82, 2.24) is 10.2 Å². The van der Waals surface area contributed by atoms with Crippen LogP contribution in [0.1, 0.15) is 36.4 Å². The lowest BCUT2D eigenvalue weighted by Crippen LogP contribution is -2.48. The summed E-state index contributed by atoms with van der Waals surface area (Å²) in [6, 6.07) is 3.46. The van der Waals surface area contributed by atoms with Gasteiger partial charge < -0.3 is 15.2 Å². The zero-order valence-electron chi connectivity index (χ0n) is 14.4. The molecule has 2 fully saturated rings. The minimum absolute atomic E-state index is 0.0323. The Balaban J connectivity index is 1.65. The molecule has 0 amide bonds. The molecule has 0 spiro atoms. The van der Waals surface area contributed by atoms with E-state index in [1.54, 1.807) is 0 Å². The van der Waals surface area contributed by atoms with Gasteiger partial charge >= 0.3 is 6.18 Å². The van der Waals surface area contributed by atoms with Gasteiger partial charge in [0.25, 0.3) is 0 Å². The second-order valence-electron chi connectivity index (χ2n) is 6.96. The quantitative estimate of drug-likeness (QED) is 0.807. The maximum atomic E-state index is 13.3. The minimum atomic E-state index is -4.51. The molecule has 0 aromatic heterocycles. The van der Waals surface area contributed by atoms with Crippen LogP contribution in [0.2, 0.25) is 5.02 Å². The van der Waals surface area contributed by atoms with E-state index in [2.05, 4.69) is 10.2 Å². The van der Waals surface area contributed by atoms with E-state index in [-0.39, 0.29) is 16.6 Å². The van der Waals surface area contributed by atoms with Crippen molar-refractivity contribution in [2.75, 3.05) is 32.9 Å². The Morgan fingerprint density at radius 1 is 1.27 bits per heavy atom. The van der Waals surface area contributed by atoms with Crippen LogP contribution < -0.4 is 5.32 Å². The second-order valence-corrected chi connectivity index (χ2v) is 7.40. The number of benzene rings is 1. The summed E-state index contributed by atoms with van der Waals surface area (Å²) in [5, 5.41) is 13.0. The average molecular weight is 393 g/mol. The highest BCUT2D eigenvalue weighted by atomic mass is 35.5. The maximum absolute atomic E-state index is 13.3. The molecule has 1 aromatic carbocycles. The monoisotopic (exact) mass is 392 g/mol. The number of nitrogens with zero attached hydrogens (tertiary/aromatic N) is 1. The summed E-state index contributed by atoms with van der Waals surface area (Å²) >= 11 is 5.74. The van der Waals surface area contributed by atoms with E-state index in [9.17, 15) is 18.3 Å². The molecule has 1 aromatic rings. The van der Waals surface area contributed by atoms with Crippen LogP contribution >= 0.6 is 11.6 Å². The Morgan fingerprint density at radius 2 is 2.00 bits per heavy atom. The first-order valence-electron chi connectivity index (χ1n) is 8.94. The van der Waals surface area contributed by atoms with Gasteiger partial charge in [-0.05, 0) is 37.0 Å². The zero-order chi connectivity index (χ0) is 18.7. The van der Waals surface area contributed by atoms with Crippen LogP contribution in [-0.2, 0) is 10.9 Å². The van der Waals surface area contributed by atoms with E-state index in [0.29, 0.717) is 6.04 Å². The summed E-state index contributed by atoms with van der Waals surface area (Å²) in [5.41, 5.74) is -0.756. The molecule has 2 aliphatic rings. The smallest absolute Gasteiger partial charge is 0.394 e. The molecule has 146 valence electrons. The van der Waals surface area contributed by atoms with Gasteiger partial charge in [-0.3, -0.25) is 4.90 Å². The largest absolute Gasteiger partial charge is 0.416 e. The molecule has 26 heavy (non-hydrogen) atoms. The summed E-state index contributed by atoms with van der Waals surface area (Å²) in [6.45, 7) is 2.93. The summed E-state index contributed by atoms with van der Waals surface area (Å²) in [6.07, 6.45) is -1.80. The molecule has 2 unspecified atom stereocenters. The van der Waals surface area contributed by atoms with Crippen molar-refractivity contribution in [3.63, 3.8) is 0 Å². The highest BCUT2D eigenvalue weighted by Gasteiger charge is 2.36. The molecule has 2 atom stereocenters. The average Bonchev–Trinajstić information content (AvgIpc) is 3.14. The van der Waals surface area contributed by atoms with E-state index in [1.165, 1.54) is 12.1 Å². The van der Waals surface area contributed by atoms with Gasteiger partial charge in [0.2, 0.25) is 0 Å². The van der Waals surface area contributed by atoms with Gasteiger partial charge in [0.05, 0.1) is 24.8 Å². The fourth-order valence-corrected chi connectivity index (χ4v) is 4.02. The van der Waals surface area contributed by atoms with Crippen molar-refractivity contribution in [3.05, 3.63) is 34.3 Å². The number of piperidine rings is 1. The summed E-state index contributed by atoms with van der Waals surface area (Å²) in [7, 11) is 0. The lowest BCUT2D eigenvalue weighted by Gasteiger charge is -2.37. The first-order valence-corrected chi connectivity index (χ1v) is 9.31. The van der Waals surface area contributed by atoms with Crippen molar-refractivity contribution in [1.29, 1.82) is 0 Å². The zero-order valence-corrected chi connectivity index (χ0v) is 15.2. The second kappa shape index (κ2) is 8.44. The molecule has 0 aliphatic carbocycles. The number of rotatable bonds is 5. The van der Waals surface area contributed by atoms with E-state index in [0.717, 1.165) is 51.6 Å². The number of hydrogen-bond acceptors (Lipinski definition) is 4. The molecule has 8 heteroatoms. The Labute approximate surface area is 156 Å². The predicted molar refractivity (Wildman–Crippen MR) is 93.2 cm³/mol. The Hall–Kier alpha value is -0.860. The molecule has 0 radical (unpaired) electrons. The molecule has 2 heterocycles. The number of nitrogens with one attached hydrogen (secondary N) is 1. The SMILES string of the molecule is OCC(NC1CCN(C2CCOC2)CC1)c1ccc(Cl)cc1C(F)(F)F. The van der Waals surface area contributed by atoms with Crippen LogP contribution in [0.15, 0.2) is 18.2 Å². The first-order chi connectivity index (χ1) is 12.4. The standard InChI is InChI=1S/C18H24ClF3N2O2/c19-12-1-2-15(16(9-12)18(20,21)22)17(10-25)23-13-3-6-24(7-4-13)14-5-8-26-11-14/h1-2,9,13-14,17,23,25H,3-8,10-11H2. The summed E-state index contributed by atoms with van der Waals surface area (Å²) < 4.78 is 45.4. The van der Waals surface area contributed by atoms with E-state index in [4.69, 9.17) is 16.3 Å². The third-order valence-corrected chi connectivity index (χ3v) is 5.50. The van der Waals surface area contributed by atoms with Crippen LogP contribution in [0, 0.1) is 0 Å². The maximum Gasteiger partial charge on any atom is 0.416 e. The van der Waals surface area contributed by atoms with Crippen LogP contribution in [0.4, 0.5) is 13.2 Å². The normalized spacial score (nSPS) is 24.1. The summed E-state index contributed by atoms with van der Waals surface area (Å²) in [4.78, 5) is 2.39. The molecular weight excluding hydrogens is 369 g/mol. The van der Waals surface area contributed by atoms with Crippen molar-refractivity contribution < 1.29 is 23.0 Å². The Kier molecular flexibility index (Phi) is 6.45. The van der Waals surface area contributed by atoms with Crippen molar-refractivity contribution in [3.8, 4) is 0 Å². The number of aliphatic hydroxyl groups excluding tert-OH is 1. The van der Waals surface area contributed by atoms with Gasteiger partial charge in [0.15, 0.2) is 0 Å². The third kappa shape index (κ3) is 4.70. The van der Waals surface area contributed by atoms with Crippen LogP contribution in [-0.4, -0.2) is 55.0 Å². The fourth-order valence-electron chi connectivity index (χ4n) is 3.84.